The Labute approximate surface area is 168 Å². The van der Waals surface area contributed by atoms with Gasteiger partial charge in [-0.05, 0) is 31.2 Å². The third-order valence-corrected chi connectivity index (χ3v) is 4.91. The molecule has 0 saturated carbocycles. The van der Waals surface area contributed by atoms with Gasteiger partial charge in [0.15, 0.2) is 17.2 Å². The van der Waals surface area contributed by atoms with Gasteiger partial charge in [0.2, 0.25) is 0 Å². The molecule has 0 atom stereocenters. The maximum atomic E-state index is 12.5. The number of benzene rings is 1. The van der Waals surface area contributed by atoms with E-state index in [1.54, 1.807) is 17.0 Å². The first kappa shape index (κ1) is 18.3. The van der Waals surface area contributed by atoms with Crippen molar-refractivity contribution in [1.29, 1.82) is 0 Å². The fraction of sp³-hybridized carbons (Fsp3) is 0.250. The molecule has 7 nitrogen and oxygen atoms in total. The van der Waals surface area contributed by atoms with Crippen molar-refractivity contribution in [2.45, 2.75) is 6.92 Å². The second-order valence-corrected chi connectivity index (χ2v) is 6.63. The zero-order valence-electron chi connectivity index (χ0n) is 16.3. The van der Waals surface area contributed by atoms with Crippen LogP contribution in [0.4, 0.5) is 5.82 Å². The molecule has 1 fully saturated rings. The number of para-hydroxylation sites is 1. The number of nitrogens with zero attached hydrogens (tertiary/aromatic N) is 4. The molecule has 0 N–H and O–H groups in total. The number of piperazine rings is 1. The third-order valence-electron chi connectivity index (χ3n) is 4.91. The van der Waals surface area contributed by atoms with Crippen LogP contribution in [0.15, 0.2) is 51.5 Å². The molecule has 8 heteroatoms. The highest BCUT2D eigenvalue weighted by Gasteiger charge is 2.27. The molecule has 1 saturated heterocycles. The molecule has 5 rings (SSSR count). The Morgan fingerprint density at radius 1 is 1.07 bits per heavy atom. The van der Waals surface area contributed by atoms with E-state index >= 15 is 0 Å². The highest BCUT2D eigenvalue weighted by Crippen LogP contribution is 2.33. The average Bonchev–Trinajstić information content (AvgIpc) is 3.35. The molecule has 0 spiro atoms. The van der Waals surface area contributed by atoms with Crippen molar-refractivity contribution in [2.75, 3.05) is 31.1 Å². The zero-order valence-corrected chi connectivity index (χ0v) is 16.0. The molecule has 0 radical (unpaired) electrons. The van der Waals surface area contributed by atoms with Crippen molar-refractivity contribution < 1.29 is 27.5 Å². The quantitative estimate of drug-likeness (QED) is 0.485. The minimum Gasteiger partial charge on any atom is -1.00 e. The largest absolute Gasteiger partial charge is 1.00 e. The van der Waals surface area contributed by atoms with E-state index in [0.29, 0.717) is 43.3 Å². The van der Waals surface area contributed by atoms with Crippen molar-refractivity contribution in [1.82, 2.24) is 14.9 Å². The lowest BCUT2D eigenvalue weighted by atomic mass is 10.2. The topological polar surface area (TPSA) is 75.6 Å². The summed E-state index contributed by atoms with van der Waals surface area (Å²) in [6.07, 6.45) is 1.52. The van der Waals surface area contributed by atoms with Crippen LogP contribution >= 0.6 is 0 Å². The molecule has 1 aromatic carbocycles. The van der Waals surface area contributed by atoms with Crippen LogP contribution in [0, 0.1) is 6.92 Å². The molecule has 1 aliphatic heterocycles. The van der Waals surface area contributed by atoms with Gasteiger partial charge in [0.25, 0.3) is 5.91 Å². The molecular formula is C20H19ClN4O3. The van der Waals surface area contributed by atoms with Crippen LogP contribution < -0.4 is 17.3 Å². The van der Waals surface area contributed by atoms with Gasteiger partial charge in [-0.25, -0.2) is 9.97 Å². The predicted octanol–water partition coefficient (Wildman–Crippen LogP) is 0.356. The van der Waals surface area contributed by atoms with Crippen LogP contribution in [0.1, 0.15) is 17.8 Å². The maximum Gasteiger partial charge on any atom is 1.00 e. The van der Waals surface area contributed by atoms with E-state index in [1.165, 1.54) is 6.26 Å². The van der Waals surface area contributed by atoms with Gasteiger partial charge in [-0.3, -0.25) is 4.79 Å². The van der Waals surface area contributed by atoms with Crippen LogP contribution in [-0.2, 0) is 0 Å². The zero-order chi connectivity index (χ0) is 18.4. The normalized spacial score (nSPS) is 14.5. The van der Waals surface area contributed by atoms with Crippen LogP contribution in [0.25, 0.3) is 22.1 Å². The number of fused-ring (bicyclic) bond motifs is 3. The third kappa shape index (κ3) is 2.97. The van der Waals surface area contributed by atoms with Crippen molar-refractivity contribution in [3.63, 3.8) is 0 Å². The summed E-state index contributed by atoms with van der Waals surface area (Å²) in [5, 5.41) is 0.992. The molecule has 3 aromatic heterocycles. The van der Waals surface area contributed by atoms with E-state index in [0.717, 1.165) is 22.3 Å². The maximum absolute atomic E-state index is 12.5. The Morgan fingerprint density at radius 3 is 2.61 bits per heavy atom. The Morgan fingerprint density at radius 2 is 1.86 bits per heavy atom. The SMILES string of the molecule is Cc1nc(N2CCN(C(=O)c3ccco3)CC2)c2oc3ccccc3c2n1.[Cl-].[H+]. The summed E-state index contributed by atoms with van der Waals surface area (Å²) in [5.41, 5.74) is 2.34. The van der Waals surface area contributed by atoms with Gasteiger partial charge in [0.1, 0.15) is 16.9 Å². The molecule has 0 aliphatic carbocycles. The highest BCUT2D eigenvalue weighted by atomic mass is 35.5. The van der Waals surface area contributed by atoms with E-state index in [9.17, 15) is 4.79 Å². The van der Waals surface area contributed by atoms with Gasteiger partial charge < -0.3 is 31.0 Å². The van der Waals surface area contributed by atoms with Crippen LogP contribution in [0.5, 0.6) is 0 Å². The molecule has 1 aliphatic rings. The number of rotatable bonds is 2. The summed E-state index contributed by atoms with van der Waals surface area (Å²) in [4.78, 5) is 25.6. The smallest absolute Gasteiger partial charge is 1.00 e. The van der Waals surface area contributed by atoms with E-state index in [-0.39, 0.29) is 19.7 Å². The molecule has 0 bridgehead atoms. The molecule has 0 unspecified atom stereocenters. The van der Waals surface area contributed by atoms with Gasteiger partial charge in [0.05, 0.1) is 6.26 Å². The number of anilines is 1. The van der Waals surface area contributed by atoms with E-state index in [2.05, 4.69) is 14.9 Å². The summed E-state index contributed by atoms with van der Waals surface area (Å²) >= 11 is 0. The summed E-state index contributed by atoms with van der Waals surface area (Å²) in [7, 11) is 0. The van der Waals surface area contributed by atoms with Gasteiger partial charge in [-0.2, -0.15) is 0 Å². The lowest BCUT2D eigenvalue weighted by Crippen LogP contribution is -3.00. The van der Waals surface area contributed by atoms with Crippen molar-refractivity contribution in [2.24, 2.45) is 0 Å². The lowest BCUT2D eigenvalue weighted by molar-refractivity contribution is -0.0000159. The lowest BCUT2D eigenvalue weighted by Gasteiger charge is -2.34. The van der Waals surface area contributed by atoms with Crippen molar-refractivity contribution in [3.05, 3.63) is 54.2 Å². The molecule has 4 aromatic rings. The number of amides is 1. The predicted molar refractivity (Wildman–Crippen MR) is 102 cm³/mol. The standard InChI is InChI=1S/C20H18N4O3.ClH/c1-13-21-17-14-5-2-3-6-15(14)27-18(17)19(22-13)23-8-10-24(11-9-23)20(25)16-7-4-12-26-16;/h2-7,12H,8-11H2,1H3;1H. The van der Waals surface area contributed by atoms with Crippen LogP contribution in [-0.4, -0.2) is 47.0 Å². The van der Waals surface area contributed by atoms with Crippen LogP contribution in [0.3, 0.4) is 0 Å². The molecule has 28 heavy (non-hydrogen) atoms. The molecule has 1 amide bonds. The first-order valence-electron chi connectivity index (χ1n) is 8.94. The number of aromatic nitrogens is 2. The van der Waals surface area contributed by atoms with E-state index in [4.69, 9.17) is 8.83 Å². The Bertz CT molecular complexity index is 1140. The van der Waals surface area contributed by atoms with Gasteiger partial charge >= 0.3 is 1.43 Å². The van der Waals surface area contributed by atoms with Crippen molar-refractivity contribution in [3.8, 4) is 0 Å². The number of hydrogen-bond donors (Lipinski definition) is 0. The Balaban J connectivity index is 0.00000120. The van der Waals surface area contributed by atoms with Crippen LogP contribution in [0.2, 0.25) is 0 Å². The number of carbonyl (C=O) groups excluding carboxylic acids is 1. The van der Waals surface area contributed by atoms with Gasteiger partial charge in [-0.1, -0.05) is 12.1 Å². The first-order chi connectivity index (χ1) is 13.2. The summed E-state index contributed by atoms with van der Waals surface area (Å²) in [6, 6.07) is 11.3. The number of aryl methyl sites for hydroxylation is 1. The average molecular weight is 399 g/mol. The van der Waals surface area contributed by atoms with Gasteiger partial charge in [0, 0.05) is 31.6 Å². The highest BCUT2D eigenvalue weighted by molar-refractivity contribution is 6.05. The summed E-state index contributed by atoms with van der Waals surface area (Å²) < 4.78 is 11.3. The molecular weight excluding hydrogens is 380 g/mol. The second-order valence-electron chi connectivity index (χ2n) is 6.63. The summed E-state index contributed by atoms with van der Waals surface area (Å²) in [5.74, 6) is 1.80. The number of furan rings is 2. The number of halogens is 1. The van der Waals surface area contributed by atoms with Crippen molar-refractivity contribution >= 4 is 33.8 Å². The monoisotopic (exact) mass is 398 g/mol. The molecule has 144 valence electrons. The fourth-order valence-corrected chi connectivity index (χ4v) is 3.58. The first-order valence-corrected chi connectivity index (χ1v) is 8.94. The number of carbonyl (C=O) groups is 1. The number of hydrogen-bond acceptors (Lipinski definition) is 6. The second kappa shape index (κ2) is 7.16. The summed E-state index contributed by atoms with van der Waals surface area (Å²) in [6.45, 7) is 4.44. The van der Waals surface area contributed by atoms with Gasteiger partial charge in [-0.15, -0.1) is 0 Å². The fourth-order valence-electron chi connectivity index (χ4n) is 3.58. The van der Waals surface area contributed by atoms with E-state index < -0.39 is 0 Å². The minimum absolute atomic E-state index is 0. The molecule has 4 heterocycles. The Hall–Kier alpha value is -3.06. The Kier molecular flexibility index (Phi) is 4.68. The minimum atomic E-state index is -0.0765. The van der Waals surface area contributed by atoms with E-state index in [1.807, 2.05) is 31.2 Å².